The Morgan fingerprint density at radius 3 is 2.82 bits per heavy atom. The van der Waals surface area contributed by atoms with Crippen molar-refractivity contribution in [3.63, 3.8) is 0 Å². The number of cyclic esters (lactones) is 1. The number of nitriles is 1. The Labute approximate surface area is 100 Å². The molecule has 0 aromatic heterocycles. The molecule has 0 bridgehead atoms. The van der Waals surface area contributed by atoms with E-state index in [2.05, 4.69) is 6.07 Å². The van der Waals surface area contributed by atoms with Gasteiger partial charge in [-0.2, -0.15) is 5.26 Å². The van der Waals surface area contributed by atoms with Crippen LogP contribution >= 0.6 is 0 Å². The molecule has 0 saturated carbocycles. The summed E-state index contributed by atoms with van der Waals surface area (Å²) in [5.74, 6) is -0.265. The normalized spacial score (nSPS) is 22.6. The number of benzene rings is 1. The third kappa shape index (κ3) is 2.45. The number of carbonyl (C=O) groups is 1. The van der Waals surface area contributed by atoms with Gasteiger partial charge in [0, 0.05) is 0 Å². The molecule has 0 radical (unpaired) electrons. The van der Waals surface area contributed by atoms with Gasteiger partial charge in [0.05, 0.1) is 24.7 Å². The molecule has 4 heteroatoms. The van der Waals surface area contributed by atoms with Gasteiger partial charge in [0.15, 0.2) is 0 Å². The second kappa shape index (κ2) is 4.98. The minimum atomic E-state index is -0.298. The van der Waals surface area contributed by atoms with Crippen molar-refractivity contribution >= 4 is 5.97 Å². The molecule has 4 nitrogen and oxygen atoms in total. The highest BCUT2D eigenvalue weighted by atomic mass is 16.5. The average Bonchev–Trinajstić information content (AvgIpc) is 2.38. The maximum atomic E-state index is 11.3. The summed E-state index contributed by atoms with van der Waals surface area (Å²) in [6.45, 7) is 2.29. The van der Waals surface area contributed by atoms with Crippen molar-refractivity contribution in [1.29, 1.82) is 5.26 Å². The monoisotopic (exact) mass is 230 g/mol. The number of carbonyl (C=O) groups excluding carboxylic acids is 1. The Morgan fingerprint density at radius 2 is 2.18 bits per heavy atom. The van der Waals surface area contributed by atoms with E-state index in [0.29, 0.717) is 6.61 Å². The Hall–Kier alpha value is -1.86. The first-order valence-corrected chi connectivity index (χ1v) is 5.58. The predicted octanol–water partition coefficient (Wildman–Crippen LogP) is 1.50. The molecule has 1 saturated heterocycles. The van der Waals surface area contributed by atoms with E-state index < -0.39 is 0 Å². The Morgan fingerprint density at radius 1 is 1.47 bits per heavy atom. The van der Waals surface area contributed by atoms with Crippen molar-refractivity contribution in [3.05, 3.63) is 35.9 Å². The molecular weight excluding hydrogens is 216 g/mol. The predicted molar refractivity (Wildman–Crippen MR) is 61.9 cm³/mol. The molecule has 1 fully saturated rings. The SMILES string of the molecule is C[C@@H](C#N)N1CC(=O)OC[C@@H]1c1ccccc1. The minimum absolute atomic E-state index is 0.0245. The van der Waals surface area contributed by atoms with Crippen molar-refractivity contribution < 1.29 is 9.53 Å². The lowest BCUT2D eigenvalue weighted by atomic mass is 10.0. The summed E-state index contributed by atoms with van der Waals surface area (Å²) in [6.07, 6.45) is 0. The lowest BCUT2D eigenvalue weighted by Gasteiger charge is -2.36. The number of ether oxygens (including phenoxy) is 1. The van der Waals surface area contributed by atoms with Gasteiger partial charge < -0.3 is 4.74 Å². The highest BCUT2D eigenvalue weighted by Crippen LogP contribution is 2.26. The second-order valence-electron chi connectivity index (χ2n) is 4.09. The molecule has 1 aromatic carbocycles. The number of morpholine rings is 1. The fourth-order valence-corrected chi connectivity index (χ4v) is 2.02. The van der Waals surface area contributed by atoms with Gasteiger partial charge in [0.1, 0.15) is 6.61 Å². The number of esters is 1. The molecule has 0 amide bonds. The number of hydrogen-bond donors (Lipinski definition) is 0. The first kappa shape index (κ1) is 11.6. The van der Waals surface area contributed by atoms with Crippen molar-refractivity contribution in [2.75, 3.05) is 13.2 Å². The van der Waals surface area contributed by atoms with Crippen LogP contribution in [0, 0.1) is 11.3 Å². The van der Waals surface area contributed by atoms with Crippen LogP contribution in [0.4, 0.5) is 0 Å². The van der Waals surface area contributed by atoms with Crippen molar-refractivity contribution in [1.82, 2.24) is 4.90 Å². The summed E-state index contributed by atoms with van der Waals surface area (Å²) in [4.78, 5) is 13.2. The van der Waals surface area contributed by atoms with E-state index in [4.69, 9.17) is 10.00 Å². The lowest BCUT2D eigenvalue weighted by Crippen LogP contribution is -2.46. The summed E-state index contributed by atoms with van der Waals surface area (Å²) in [6, 6.07) is 11.7. The maximum absolute atomic E-state index is 11.3. The first-order chi connectivity index (χ1) is 8.22. The van der Waals surface area contributed by atoms with Gasteiger partial charge in [0.2, 0.25) is 0 Å². The third-order valence-electron chi connectivity index (χ3n) is 2.98. The summed E-state index contributed by atoms with van der Waals surface area (Å²) in [7, 11) is 0. The highest BCUT2D eigenvalue weighted by molar-refractivity contribution is 5.72. The van der Waals surface area contributed by atoms with Gasteiger partial charge in [-0.15, -0.1) is 0 Å². The van der Waals surface area contributed by atoms with Crippen LogP contribution in [0.3, 0.4) is 0 Å². The van der Waals surface area contributed by atoms with Crippen molar-refractivity contribution in [3.8, 4) is 6.07 Å². The lowest BCUT2D eigenvalue weighted by molar-refractivity contribution is -0.155. The van der Waals surface area contributed by atoms with E-state index in [1.54, 1.807) is 6.92 Å². The van der Waals surface area contributed by atoms with Crippen LogP contribution < -0.4 is 0 Å². The van der Waals surface area contributed by atoms with E-state index >= 15 is 0 Å². The fourth-order valence-electron chi connectivity index (χ4n) is 2.02. The quantitative estimate of drug-likeness (QED) is 0.722. The topological polar surface area (TPSA) is 53.3 Å². The molecule has 17 heavy (non-hydrogen) atoms. The van der Waals surface area contributed by atoms with Gasteiger partial charge in [-0.1, -0.05) is 30.3 Å². The summed E-state index contributed by atoms with van der Waals surface area (Å²) in [5.41, 5.74) is 1.07. The molecule has 0 N–H and O–H groups in total. The Bertz CT molecular complexity index is 438. The zero-order chi connectivity index (χ0) is 12.3. The van der Waals surface area contributed by atoms with E-state index in [0.717, 1.165) is 5.56 Å². The summed E-state index contributed by atoms with van der Waals surface area (Å²) < 4.78 is 5.08. The van der Waals surface area contributed by atoms with Crippen molar-refractivity contribution in [2.45, 2.75) is 19.0 Å². The van der Waals surface area contributed by atoms with Crippen LogP contribution in [-0.2, 0) is 9.53 Å². The zero-order valence-corrected chi connectivity index (χ0v) is 9.67. The van der Waals surface area contributed by atoms with Crippen molar-refractivity contribution in [2.24, 2.45) is 0 Å². The second-order valence-corrected chi connectivity index (χ2v) is 4.09. The first-order valence-electron chi connectivity index (χ1n) is 5.58. The van der Waals surface area contributed by atoms with Crippen LogP contribution in [0.1, 0.15) is 18.5 Å². The molecular formula is C13H14N2O2. The Kier molecular flexibility index (Phi) is 3.40. The minimum Gasteiger partial charge on any atom is -0.463 e. The van der Waals surface area contributed by atoms with Crippen LogP contribution in [0.15, 0.2) is 30.3 Å². The van der Waals surface area contributed by atoms with E-state index in [1.807, 2.05) is 35.2 Å². The smallest absolute Gasteiger partial charge is 0.320 e. The van der Waals surface area contributed by atoms with E-state index in [9.17, 15) is 4.79 Å². The molecule has 1 aliphatic heterocycles. The van der Waals surface area contributed by atoms with Crippen LogP contribution in [0.5, 0.6) is 0 Å². The zero-order valence-electron chi connectivity index (χ0n) is 9.67. The van der Waals surface area contributed by atoms with Gasteiger partial charge in [-0.3, -0.25) is 9.69 Å². The molecule has 1 aromatic rings. The fraction of sp³-hybridized carbons (Fsp3) is 0.385. The molecule has 88 valence electrons. The largest absolute Gasteiger partial charge is 0.463 e. The average molecular weight is 230 g/mol. The van der Waals surface area contributed by atoms with Gasteiger partial charge >= 0.3 is 5.97 Å². The van der Waals surface area contributed by atoms with Gasteiger partial charge in [-0.05, 0) is 12.5 Å². The molecule has 2 rings (SSSR count). The molecule has 1 heterocycles. The van der Waals surface area contributed by atoms with Crippen LogP contribution in [0.25, 0.3) is 0 Å². The van der Waals surface area contributed by atoms with E-state index in [1.165, 1.54) is 0 Å². The molecule has 0 unspecified atom stereocenters. The number of rotatable bonds is 2. The molecule has 0 spiro atoms. The molecule has 2 atom stereocenters. The van der Waals surface area contributed by atoms with Crippen LogP contribution in [-0.4, -0.2) is 30.1 Å². The molecule has 0 aliphatic carbocycles. The number of nitrogens with zero attached hydrogens (tertiary/aromatic N) is 2. The maximum Gasteiger partial charge on any atom is 0.320 e. The third-order valence-corrected chi connectivity index (χ3v) is 2.98. The van der Waals surface area contributed by atoms with E-state index in [-0.39, 0.29) is 24.6 Å². The summed E-state index contributed by atoms with van der Waals surface area (Å²) in [5, 5.41) is 8.99. The molecule has 1 aliphatic rings. The Balaban J connectivity index is 2.25. The highest BCUT2D eigenvalue weighted by Gasteiger charge is 2.32. The summed E-state index contributed by atoms with van der Waals surface area (Å²) >= 11 is 0. The van der Waals surface area contributed by atoms with Gasteiger partial charge in [0.25, 0.3) is 0 Å². The number of hydrogen-bond acceptors (Lipinski definition) is 4. The van der Waals surface area contributed by atoms with Crippen LogP contribution in [0.2, 0.25) is 0 Å². The van der Waals surface area contributed by atoms with Gasteiger partial charge in [-0.25, -0.2) is 0 Å². The standard InChI is InChI=1S/C13H14N2O2/c1-10(7-14)15-8-13(16)17-9-12(15)11-5-3-2-4-6-11/h2-6,10,12H,8-9H2,1H3/t10-,12+/m0/s1.